The van der Waals surface area contributed by atoms with Crippen molar-refractivity contribution in [1.82, 2.24) is 9.55 Å². The summed E-state index contributed by atoms with van der Waals surface area (Å²) in [5.41, 5.74) is 2.42. The van der Waals surface area contributed by atoms with Crippen LogP contribution < -0.4 is 4.90 Å². The van der Waals surface area contributed by atoms with E-state index in [9.17, 15) is 0 Å². The molecule has 2 aromatic rings. The highest BCUT2D eigenvalue weighted by Crippen LogP contribution is 2.14. The molecule has 0 saturated heterocycles. The molecule has 1 aromatic heterocycles. The number of aliphatic hydroxyl groups excluding tert-OH is 1. The lowest BCUT2D eigenvalue weighted by atomic mass is 10.1. The molecule has 0 aliphatic rings. The third-order valence-corrected chi connectivity index (χ3v) is 2.96. The predicted molar refractivity (Wildman–Crippen MR) is 72.9 cm³/mol. The van der Waals surface area contributed by atoms with E-state index in [0.29, 0.717) is 6.54 Å². The molecule has 0 spiro atoms. The molecular weight excluding hydrogens is 226 g/mol. The van der Waals surface area contributed by atoms with Gasteiger partial charge in [0.05, 0.1) is 6.61 Å². The molecule has 0 unspecified atom stereocenters. The lowest BCUT2D eigenvalue weighted by Crippen LogP contribution is -2.09. The monoisotopic (exact) mass is 245 g/mol. The number of hydrogen-bond donors (Lipinski definition) is 1. The number of hydrogen-bond acceptors (Lipinski definition) is 3. The fourth-order valence-electron chi connectivity index (χ4n) is 1.91. The van der Waals surface area contributed by atoms with Gasteiger partial charge < -0.3 is 14.6 Å². The molecule has 0 aliphatic heterocycles. The Kier molecular flexibility index (Phi) is 3.99. The van der Waals surface area contributed by atoms with E-state index in [1.807, 2.05) is 24.9 Å². The van der Waals surface area contributed by atoms with E-state index in [4.69, 9.17) is 5.11 Å². The fraction of sp³-hybridized carbons (Fsp3) is 0.357. The van der Waals surface area contributed by atoms with Crippen LogP contribution in [0.3, 0.4) is 0 Å². The average Bonchev–Trinajstić information content (AvgIpc) is 2.78. The zero-order valence-electron chi connectivity index (χ0n) is 10.9. The molecule has 0 bridgehead atoms. The van der Waals surface area contributed by atoms with E-state index in [1.165, 1.54) is 11.3 Å². The van der Waals surface area contributed by atoms with Crippen molar-refractivity contribution in [2.24, 2.45) is 0 Å². The van der Waals surface area contributed by atoms with Crippen LogP contribution in [0, 0.1) is 0 Å². The van der Waals surface area contributed by atoms with Crippen LogP contribution in [0.4, 0.5) is 5.69 Å². The van der Waals surface area contributed by atoms with Gasteiger partial charge in [0, 0.05) is 45.1 Å². The van der Waals surface area contributed by atoms with Crippen LogP contribution in [-0.4, -0.2) is 35.4 Å². The van der Waals surface area contributed by atoms with Crippen molar-refractivity contribution in [1.29, 1.82) is 0 Å². The van der Waals surface area contributed by atoms with Gasteiger partial charge in [0.1, 0.15) is 5.82 Å². The van der Waals surface area contributed by atoms with Crippen LogP contribution in [0.25, 0.3) is 0 Å². The van der Waals surface area contributed by atoms with Gasteiger partial charge in [0.2, 0.25) is 0 Å². The number of nitrogens with zero attached hydrogens (tertiary/aromatic N) is 3. The Morgan fingerprint density at radius 2 is 1.94 bits per heavy atom. The third-order valence-electron chi connectivity index (χ3n) is 2.96. The van der Waals surface area contributed by atoms with Crippen LogP contribution in [0.15, 0.2) is 36.7 Å². The van der Waals surface area contributed by atoms with Gasteiger partial charge in [-0.1, -0.05) is 12.1 Å². The Bertz CT molecular complexity index is 488. The van der Waals surface area contributed by atoms with Gasteiger partial charge in [-0.15, -0.1) is 0 Å². The molecule has 0 saturated carbocycles. The molecule has 4 heteroatoms. The molecule has 0 amide bonds. The normalized spacial score (nSPS) is 10.6. The average molecular weight is 245 g/mol. The second-order valence-electron chi connectivity index (χ2n) is 4.50. The van der Waals surface area contributed by atoms with Crippen molar-refractivity contribution in [3.63, 3.8) is 0 Å². The SMILES string of the molecule is CN(C)c1ccc(Cc2nccn2CCO)cc1. The van der Waals surface area contributed by atoms with Crippen molar-refractivity contribution < 1.29 is 5.11 Å². The zero-order chi connectivity index (χ0) is 13.0. The molecule has 0 aliphatic carbocycles. The van der Waals surface area contributed by atoms with Crippen molar-refractivity contribution in [2.45, 2.75) is 13.0 Å². The molecule has 0 fully saturated rings. The molecule has 1 heterocycles. The minimum absolute atomic E-state index is 0.142. The second kappa shape index (κ2) is 5.69. The first-order valence-electron chi connectivity index (χ1n) is 6.08. The van der Waals surface area contributed by atoms with Crippen molar-refractivity contribution in [3.8, 4) is 0 Å². The standard InChI is InChI=1S/C14H19N3O/c1-16(2)13-5-3-12(4-6-13)11-14-15-7-8-17(14)9-10-18/h3-8,18H,9-11H2,1-2H3. The van der Waals surface area contributed by atoms with E-state index < -0.39 is 0 Å². The van der Waals surface area contributed by atoms with Gasteiger partial charge in [0.15, 0.2) is 0 Å². The summed E-state index contributed by atoms with van der Waals surface area (Å²) in [6.07, 6.45) is 4.47. The number of imidazole rings is 1. The first-order valence-corrected chi connectivity index (χ1v) is 6.08. The van der Waals surface area contributed by atoms with Gasteiger partial charge in [-0.2, -0.15) is 0 Å². The van der Waals surface area contributed by atoms with Crippen LogP contribution in [0.2, 0.25) is 0 Å². The minimum Gasteiger partial charge on any atom is -0.395 e. The van der Waals surface area contributed by atoms with Gasteiger partial charge in [-0.25, -0.2) is 4.98 Å². The summed E-state index contributed by atoms with van der Waals surface area (Å²) in [5, 5.41) is 8.97. The molecule has 1 aromatic carbocycles. The largest absolute Gasteiger partial charge is 0.395 e. The summed E-state index contributed by atoms with van der Waals surface area (Å²) in [6.45, 7) is 0.744. The molecule has 4 nitrogen and oxygen atoms in total. The van der Waals surface area contributed by atoms with Crippen LogP contribution in [0.1, 0.15) is 11.4 Å². The Morgan fingerprint density at radius 1 is 1.22 bits per heavy atom. The van der Waals surface area contributed by atoms with Gasteiger partial charge in [-0.3, -0.25) is 0 Å². The highest BCUT2D eigenvalue weighted by molar-refractivity contribution is 5.46. The maximum atomic E-state index is 8.97. The van der Waals surface area contributed by atoms with E-state index >= 15 is 0 Å². The summed E-state index contributed by atoms with van der Waals surface area (Å²) in [4.78, 5) is 6.41. The predicted octanol–water partition coefficient (Wildman–Crippen LogP) is 1.53. The Hall–Kier alpha value is -1.81. The molecular formula is C14H19N3O. The van der Waals surface area contributed by atoms with E-state index in [-0.39, 0.29) is 6.61 Å². The fourth-order valence-corrected chi connectivity index (χ4v) is 1.91. The summed E-state index contributed by atoms with van der Waals surface area (Å²) in [5.74, 6) is 0.988. The lowest BCUT2D eigenvalue weighted by Gasteiger charge is -2.12. The van der Waals surface area contributed by atoms with E-state index in [0.717, 1.165) is 12.2 Å². The van der Waals surface area contributed by atoms with Crippen LogP contribution >= 0.6 is 0 Å². The maximum absolute atomic E-state index is 8.97. The van der Waals surface area contributed by atoms with Gasteiger partial charge in [-0.05, 0) is 17.7 Å². The molecule has 18 heavy (non-hydrogen) atoms. The number of aromatic nitrogens is 2. The molecule has 96 valence electrons. The number of aliphatic hydroxyl groups is 1. The Morgan fingerprint density at radius 3 is 2.56 bits per heavy atom. The van der Waals surface area contributed by atoms with E-state index in [2.05, 4.69) is 34.1 Å². The van der Waals surface area contributed by atoms with Crippen molar-refractivity contribution in [2.75, 3.05) is 25.6 Å². The summed E-state index contributed by atoms with van der Waals surface area (Å²) in [7, 11) is 4.06. The lowest BCUT2D eigenvalue weighted by molar-refractivity contribution is 0.274. The van der Waals surface area contributed by atoms with Crippen molar-refractivity contribution in [3.05, 3.63) is 48.0 Å². The van der Waals surface area contributed by atoms with Gasteiger partial charge >= 0.3 is 0 Å². The molecule has 0 radical (unpaired) electrons. The van der Waals surface area contributed by atoms with Crippen LogP contribution in [0.5, 0.6) is 0 Å². The number of anilines is 1. The van der Waals surface area contributed by atoms with Crippen molar-refractivity contribution >= 4 is 5.69 Å². The summed E-state index contributed by atoms with van der Waals surface area (Å²) in [6, 6.07) is 8.45. The van der Waals surface area contributed by atoms with E-state index in [1.54, 1.807) is 6.20 Å². The quantitative estimate of drug-likeness (QED) is 0.868. The minimum atomic E-state index is 0.142. The zero-order valence-corrected chi connectivity index (χ0v) is 10.9. The summed E-state index contributed by atoms with van der Waals surface area (Å²) < 4.78 is 1.99. The smallest absolute Gasteiger partial charge is 0.113 e. The second-order valence-corrected chi connectivity index (χ2v) is 4.50. The van der Waals surface area contributed by atoms with Gasteiger partial charge in [0.25, 0.3) is 0 Å². The summed E-state index contributed by atoms with van der Waals surface area (Å²) >= 11 is 0. The highest BCUT2D eigenvalue weighted by Gasteiger charge is 2.04. The Labute approximate surface area is 108 Å². The molecule has 2 rings (SSSR count). The number of rotatable bonds is 5. The maximum Gasteiger partial charge on any atom is 0.113 e. The first kappa shape index (κ1) is 12.6. The van der Waals surface area contributed by atoms with Crippen LogP contribution in [-0.2, 0) is 13.0 Å². The topological polar surface area (TPSA) is 41.3 Å². The highest BCUT2D eigenvalue weighted by atomic mass is 16.3. The third kappa shape index (κ3) is 2.90. The molecule has 0 atom stereocenters. The Balaban J connectivity index is 2.11. The number of benzene rings is 1. The first-order chi connectivity index (χ1) is 8.70. The molecule has 1 N–H and O–H groups in total.